The van der Waals surface area contributed by atoms with Crippen molar-refractivity contribution >= 4 is 17.5 Å². The van der Waals surface area contributed by atoms with E-state index >= 15 is 0 Å². The van der Waals surface area contributed by atoms with Gasteiger partial charge in [-0.05, 0) is 25.0 Å². The molecule has 22 heavy (non-hydrogen) atoms. The highest BCUT2D eigenvalue weighted by Crippen LogP contribution is 2.40. The average molecular weight is 302 g/mol. The molecule has 1 aromatic carbocycles. The molecule has 1 aromatic rings. The van der Waals surface area contributed by atoms with Gasteiger partial charge in [0.25, 0.3) is 0 Å². The third-order valence-corrected chi connectivity index (χ3v) is 4.85. The summed E-state index contributed by atoms with van der Waals surface area (Å²) in [4.78, 5) is 26.4. The van der Waals surface area contributed by atoms with Crippen LogP contribution in [0.25, 0.3) is 0 Å². The predicted octanol–water partition coefficient (Wildman–Crippen LogP) is 1.90. The number of amides is 2. The number of carbonyl (C=O) groups is 2. The van der Waals surface area contributed by atoms with Crippen LogP contribution in [0.5, 0.6) is 11.5 Å². The van der Waals surface area contributed by atoms with Crippen LogP contribution < -0.4 is 14.8 Å². The molecule has 116 valence electrons. The third-order valence-electron chi connectivity index (χ3n) is 4.85. The Kier molecular flexibility index (Phi) is 2.99. The number of likely N-dealkylation sites (tertiary alicyclic amines) is 1. The van der Waals surface area contributed by atoms with Crippen LogP contribution >= 0.6 is 0 Å². The molecule has 1 N–H and O–H groups in total. The number of anilines is 1. The maximum absolute atomic E-state index is 12.8. The molecule has 4 rings (SSSR count). The van der Waals surface area contributed by atoms with E-state index in [0.29, 0.717) is 30.2 Å². The minimum Gasteiger partial charge on any atom is -0.454 e. The van der Waals surface area contributed by atoms with Gasteiger partial charge in [0, 0.05) is 24.7 Å². The Morgan fingerprint density at radius 3 is 2.64 bits per heavy atom. The van der Waals surface area contributed by atoms with Gasteiger partial charge >= 0.3 is 0 Å². The summed E-state index contributed by atoms with van der Waals surface area (Å²) in [6, 6.07) is 5.35. The zero-order valence-corrected chi connectivity index (χ0v) is 12.3. The molecular formula is C16H18N2O4. The number of rotatable bonds is 3. The number of β-lactam (4-membered cyclic amide) rings is 1. The summed E-state index contributed by atoms with van der Waals surface area (Å²) in [5.41, 5.74) is 0.0135. The van der Waals surface area contributed by atoms with Crippen molar-refractivity contribution in [1.82, 2.24) is 4.90 Å². The highest BCUT2D eigenvalue weighted by molar-refractivity contribution is 6.02. The van der Waals surface area contributed by atoms with Crippen molar-refractivity contribution in [2.45, 2.75) is 37.6 Å². The summed E-state index contributed by atoms with van der Waals surface area (Å²) >= 11 is 0. The summed E-state index contributed by atoms with van der Waals surface area (Å²) in [5.74, 6) is 1.32. The van der Waals surface area contributed by atoms with E-state index < -0.39 is 5.54 Å². The van der Waals surface area contributed by atoms with Crippen LogP contribution in [-0.2, 0) is 9.59 Å². The van der Waals surface area contributed by atoms with Gasteiger partial charge in [0.15, 0.2) is 11.5 Å². The molecule has 0 spiro atoms. The highest BCUT2D eigenvalue weighted by atomic mass is 16.7. The van der Waals surface area contributed by atoms with Gasteiger partial charge in [0.05, 0.1) is 0 Å². The minimum atomic E-state index is -0.661. The van der Waals surface area contributed by atoms with Gasteiger partial charge in [-0.15, -0.1) is 0 Å². The second-order valence-electron chi connectivity index (χ2n) is 6.06. The van der Waals surface area contributed by atoms with Crippen LogP contribution in [0.4, 0.5) is 5.69 Å². The molecule has 3 aliphatic rings. The van der Waals surface area contributed by atoms with E-state index in [4.69, 9.17) is 9.47 Å². The molecule has 1 saturated carbocycles. The summed E-state index contributed by atoms with van der Waals surface area (Å²) < 4.78 is 10.6. The zero-order chi connectivity index (χ0) is 15.2. The first kappa shape index (κ1) is 13.4. The molecule has 0 aromatic heterocycles. The van der Waals surface area contributed by atoms with Gasteiger partial charge in [-0.25, -0.2) is 0 Å². The Morgan fingerprint density at radius 2 is 1.95 bits per heavy atom. The number of hydrogen-bond donors (Lipinski definition) is 1. The Bertz CT molecular complexity index is 637. The molecule has 6 heteroatoms. The lowest BCUT2D eigenvalue weighted by Crippen LogP contribution is -2.62. The zero-order valence-electron chi connectivity index (χ0n) is 12.3. The molecule has 2 aliphatic heterocycles. The first-order chi connectivity index (χ1) is 10.7. The molecule has 1 saturated heterocycles. The molecule has 2 heterocycles. The van der Waals surface area contributed by atoms with Crippen molar-refractivity contribution in [2.24, 2.45) is 0 Å². The number of fused-ring (bicyclic) bond motifs is 1. The fraction of sp³-hybridized carbons (Fsp3) is 0.500. The number of hydrogen-bond acceptors (Lipinski definition) is 4. The van der Waals surface area contributed by atoms with Crippen molar-refractivity contribution < 1.29 is 19.1 Å². The fourth-order valence-electron chi connectivity index (χ4n) is 3.57. The molecule has 0 unspecified atom stereocenters. The van der Waals surface area contributed by atoms with E-state index in [2.05, 4.69) is 5.32 Å². The number of carbonyl (C=O) groups excluding carboxylic acids is 2. The summed E-state index contributed by atoms with van der Waals surface area (Å²) in [6.07, 6.45) is 4.01. The molecule has 0 atom stereocenters. The Hall–Kier alpha value is -2.24. The molecule has 6 nitrogen and oxygen atoms in total. The summed E-state index contributed by atoms with van der Waals surface area (Å²) in [7, 11) is 0. The van der Waals surface area contributed by atoms with Crippen LogP contribution in [0.3, 0.4) is 0 Å². The van der Waals surface area contributed by atoms with Gasteiger partial charge in [0.2, 0.25) is 18.6 Å². The largest absolute Gasteiger partial charge is 0.454 e. The monoisotopic (exact) mass is 302 g/mol. The number of benzene rings is 1. The Balaban J connectivity index is 1.56. The molecular weight excluding hydrogens is 284 g/mol. The van der Waals surface area contributed by atoms with Crippen molar-refractivity contribution in [3.63, 3.8) is 0 Å². The fourth-order valence-corrected chi connectivity index (χ4v) is 3.57. The summed E-state index contributed by atoms with van der Waals surface area (Å²) in [5, 5.41) is 2.96. The lowest BCUT2D eigenvalue weighted by Gasteiger charge is -2.45. The average Bonchev–Trinajstić information content (AvgIpc) is 3.15. The maximum atomic E-state index is 12.8. The first-order valence-electron chi connectivity index (χ1n) is 7.71. The minimum absolute atomic E-state index is 0.0859. The van der Waals surface area contributed by atoms with E-state index in [9.17, 15) is 9.59 Å². The van der Waals surface area contributed by atoms with E-state index in [1.807, 2.05) is 0 Å². The van der Waals surface area contributed by atoms with Gasteiger partial charge in [-0.1, -0.05) is 12.8 Å². The Morgan fingerprint density at radius 1 is 1.18 bits per heavy atom. The molecule has 0 radical (unpaired) electrons. The Labute approximate surface area is 128 Å². The summed E-state index contributed by atoms with van der Waals surface area (Å²) in [6.45, 7) is 0.895. The lowest BCUT2D eigenvalue weighted by molar-refractivity contribution is -0.154. The molecule has 1 aliphatic carbocycles. The van der Waals surface area contributed by atoms with Crippen molar-refractivity contribution in [3.05, 3.63) is 18.2 Å². The van der Waals surface area contributed by atoms with Crippen molar-refractivity contribution in [2.75, 3.05) is 18.7 Å². The van der Waals surface area contributed by atoms with Gasteiger partial charge < -0.3 is 19.7 Å². The topological polar surface area (TPSA) is 67.9 Å². The molecule has 0 bridgehead atoms. The predicted molar refractivity (Wildman–Crippen MR) is 78.7 cm³/mol. The third kappa shape index (κ3) is 1.94. The smallest absolute Gasteiger partial charge is 0.250 e. The van der Waals surface area contributed by atoms with Crippen LogP contribution in [0.2, 0.25) is 0 Å². The van der Waals surface area contributed by atoms with Gasteiger partial charge in [-0.3, -0.25) is 9.59 Å². The SMILES string of the molecule is O=C1CCN1C1(C(=O)Nc2ccc3c(c2)OCO3)CCCC1. The quantitative estimate of drug-likeness (QED) is 0.866. The standard InChI is InChI=1S/C16H18N2O4/c19-14-5-8-18(14)16(6-1-2-7-16)15(20)17-11-3-4-12-13(9-11)22-10-21-12/h3-4,9H,1-2,5-8,10H2,(H,17,20). The van der Waals surface area contributed by atoms with Gasteiger partial charge in [-0.2, -0.15) is 0 Å². The maximum Gasteiger partial charge on any atom is 0.250 e. The second kappa shape index (κ2) is 4.90. The normalized spacial score (nSPS) is 21.6. The first-order valence-corrected chi connectivity index (χ1v) is 7.71. The number of ether oxygens (including phenoxy) is 2. The van der Waals surface area contributed by atoms with Crippen LogP contribution in [0, 0.1) is 0 Å². The van der Waals surface area contributed by atoms with E-state index in [1.54, 1.807) is 23.1 Å². The van der Waals surface area contributed by atoms with Crippen molar-refractivity contribution in [1.29, 1.82) is 0 Å². The van der Waals surface area contributed by atoms with E-state index in [1.165, 1.54) is 0 Å². The molecule has 2 amide bonds. The second-order valence-corrected chi connectivity index (χ2v) is 6.06. The number of nitrogens with zero attached hydrogens (tertiary/aromatic N) is 1. The van der Waals surface area contributed by atoms with Gasteiger partial charge in [0.1, 0.15) is 5.54 Å². The van der Waals surface area contributed by atoms with Crippen molar-refractivity contribution in [3.8, 4) is 11.5 Å². The van der Waals surface area contributed by atoms with Crippen LogP contribution in [-0.4, -0.2) is 35.6 Å². The molecule has 2 fully saturated rings. The number of nitrogens with one attached hydrogen (secondary N) is 1. The lowest BCUT2D eigenvalue weighted by atomic mass is 9.90. The van der Waals surface area contributed by atoms with E-state index in [-0.39, 0.29) is 18.6 Å². The van der Waals surface area contributed by atoms with Crippen LogP contribution in [0.1, 0.15) is 32.1 Å². The van der Waals surface area contributed by atoms with E-state index in [0.717, 1.165) is 25.7 Å². The highest BCUT2D eigenvalue weighted by Gasteiger charge is 2.51. The van der Waals surface area contributed by atoms with Crippen LogP contribution in [0.15, 0.2) is 18.2 Å².